The van der Waals surface area contributed by atoms with Crippen molar-refractivity contribution >= 4 is 11.6 Å². The van der Waals surface area contributed by atoms with Gasteiger partial charge in [0, 0.05) is 19.2 Å². The van der Waals surface area contributed by atoms with E-state index in [2.05, 4.69) is 10.2 Å². The molecule has 1 unspecified atom stereocenters. The largest absolute Gasteiger partial charge is 0.387 e. The van der Waals surface area contributed by atoms with Crippen LogP contribution in [0.15, 0.2) is 24.3 Å². The Morgan fingerprint density at radius 1 is 1.33 bits per heavy atom. The first-order valence-corrected chi connectivity index (χ1v) is 6.43. The third kappa shape index (κ3) is 3.55. The summed E-state index contributed by atoms with van der Waals surface area (Å²) >= 11 is 0. The lowest BCUT2D eigenvalue weighted by molar-refractivity contribution is -0.114. The van der Waals surface area contributed by atoms with Gasteiger partial charge in [0.15, 0.2) is 0 Å². The van der Waals surface area contributed by atoms with Crippen molar-refractivity contribution in [1.29, 1.82) is 0 Å². The Morgan fingerprint density at radius 3 is 2.50 bits per heavy atom. The molecule has 0 spiro atoms. The number of carbonyl (C=O) groups excluding carboxylic acids is 1. The molecule has 0 radical (unpaired) electrons. The van der Waals surface area contributed by atoms with Crippen LogP contribution < -0.4 is 5.32 Å². The number of hydrogen-bond donors (Lipinski definition) is 2. The van der Waals surface area contributed by atoms with Crippen LogP contribution in [0.5, 0.6) is 0 Å². The molecule has 0 aromatic heterocycles. The number of rotatable bonds is 4. The van der Waals surface area contributed by atoms with Gasteiger partial charge < -0.3 is 15.3 Å². The van der Waals surface area contributed by atoms with Crippen molar-refractivity contribution in [2.45, 2.75) is 25.9 Å². The zero-order valence-corrected chi connectivity index (χ0v) is 10.7. The molecular weight excluding hydrogens is 228 g/mol. The van der Waals surface area contributed by atoms with Crippen LogP contribution in [-0.4, -0.2) is 35.5 Å². The molecule has 1 fully saturated rings. The van der Waals surface area contributed by atoms with E-state index in [9.17, 15) is 9.90 Å². The van der Waals surface area contributed by atoms with Gasteiger partial charge in [0.05, 0.1) is 6.10 Å². The maximum Gasteiger partial charge on any atom is 0.221 e. The first kappa shape index (κ1) is 13.1. The van der Waals surface area contributed by atoms with E-state index < -0.39 is 6.10 Å². The number of likely N-dealkylation sites (tertiary alicyclic amines) is 1. The number of amides is 1. The monoisotopic (exact) mass is 248 g/mol. The van der Waals surface area contributed by atoms with Gasteiger partial charge in [-0.2, -0.15) is 0 Å². The standard InChI is InChI=1S/C14H20N2O2/c1-11(17)15-13-6-4-12(5-7-13)14(18)10-16-8-2-3-9-16/h4-7,14,18H,2-3,8-10H2,1H3,(H,15,17). The number of hydrogen-bond acceptors (Lipinski definition) is 3. The molecule has 1 aliphatic heterocycles. The minimum absolute atomic E-state index is 0.0830. The van der Waals surface area contributed by atoms with Crippen molar-refractivity contribution in [2.75, 3.05) is 25.0 Å². The molecule has 2 rings (SSSR count). The van der Waals surface area contributed by atoms with Crippen LogP contribution >= 0.6 is 0 Å². The molecule has 4 nitrogen and oxygen atoms in total. The third-order valence-electron chi connectivity index (χ3n) is 3.25. The highest BCUT2D eigenvalue weighted by Crippen LogP contribution is 2.19. The Morgan fingerprint density at radius 2 is 1.94 bits per heavy atom. The molecular formula is C14H20N2O2. The molecule has 4 heteroatoms. The Labute approximate surface area is 108 Å². The summed E-state index contributed by atoms with van der Waals surface area (Å²) < 4.78 is 0. The molecule has 1 heterocycles. The lowest BCUT2D eigenvalue weighted by atomic mass is 10.1. The first-order valence-electron chi connectivity index (χ1n) is 6.43. The SMILES string of the molecule is CC(=O)Nc1ccc(C(O)CN2CCCC2)cc1. The summed E-state index contributed by atoms with van der Waals surface area (Å²) in [4.78, 5) is 13.2. The van der Waals surface area contributed by atoms with Gasteiger partial charge in [-0.3, -0.25) is 4.79 Å². The van der Waals surface area contributed by atoms with E-state index in [1.807, 2.05) is 24.3 Å². The predicted molar refractivity (Wildman–Crippen MR) is 71.4 cm³/mol. The smallest absolute Gasteiger partial charge is 0.221 e. The highest BCUT2D eigenvalue weighted by molar-refractivity contribution is 5.88. The van der Waals surface area contributed by atoms with Gasteiger partial charge in [0.2, 0.25) is 5.91 Å². The Hall–Kier alpha value is -1.39. The molecule has 1 aliphatic rings. The fourth-order valence-electron chi connectivity index (χ4n) is 2.31. The van der Waals surface area contributed by atoms with E-state index in [4.69, 9.17) is 0 Å². The number of benzene rings is 1. The molecule has 1 amide bonds. The molecule has 0 bridgehead atoms. The van der Waals surface area contributed by atoms with Crippen LogP contribution in [0.1, 0.15) is 31.4 Å². The minimum atomic E-state index is -0.450. The number of nitrogens with one attached hydrogen (secondary N) is 1. The fraction of sp³-hybridized carbons (Fsp3) is 0.500. The van der Waals surface area contributed by atoms with Crippen molar-refractivity contribution in [3.63, 3.8) is 0 Å². The molecule has 98 valence electrons. The summed E-state index contributed by atoms with van der Waals surface area (Å²) in [5, 5.41) is 12.8. The molecule has 0 saturated carbocycles. The van der Waals surface area contributed by atoms with Gasteiger partial charge in [-0.25, -0.2) is 0 Å². The minimum Gasteiger partial charge on any atom is -0.387 e. The van der Waals surface area contributed by atoms with Crippen LogP contribution in [0.25, 0.3) is 0 Å². The summed E-state index contributed by atoms with van der Waals surface area (Å²) in [5.41, 5.74) is 1.66. The second-order valence-electron chi connectivity index (χ2n) is 4.83. The number of carbonyl (C=O) groups is 1. The number of nitrogens with zero attached hydrogens (tertiary/aromatic N) is 1. The maximum atomic E-state index is 10.9. The lowest BCUT2D eigenvalue weighted by Gasteiger charge is -2.19. The van der Waals surface area contributed by atoms with E-state index in [1.54, 1.807) is 0 Å². The molecule has 1 aromatic carbocycles. The van der Waals surface area contributed by atoms with Crippen molar-refractivity contribution in [1.82, 2.24) is 4.90 Å². The van der Waals surface area contributed by atoms with Crippen molar-refractivity contribution in [3.8, 4) is 0 Å². The molecule has 2 N–H and O–H groups in total. The Bertz CT molecular complexity index is 397. The second kappa shape index (κ2) is 5.98. The molecule has 1 saturated heterocycles. The first-order chi connectivity index (χ1) is 8.65. The topological polar surface area (TPSA) is 52.6 Å². The number of anilines is 1. The van der Waals surface area contributed by atoms with E-state index >= 15 is 0 Å². The number of β-amino-alcohol motifs (C(OH)–C–C–N with tert-alkyl or cyclic N) is 1. The van der Waals surface area contributed by atoms with Gasteiger partial charge in [0.1, 0.15) is 0 Å². The summed E-state index contributed by atoms with van der Waals surface area (Å²) in [5.74, 6) is -0.0830. The Balaban J connectivity index is 1.93. The Kier molecular flexibility index (Phi) is 4.33. The van der Waals surface area contributed by atoms with E-state index in [0.29, 0.717) is 6.54 Å². The summed E-state index contributed by atoms with van der Waals surface area (Å²) in [6.45, 7) is 4.34. The zero-order valence-electron chi connectivity index (χ0n) is 10.7. The highest BCUT2D eigenvalue weighted by atomic mass is 16.3. The number of aliphatic hydroxyl groups is 1. The highest BCUT2D eigenvalue weighted by Gasteiger charge is 2.16. The lowest BCUT2D eigenvalue weighted by Crippen LogP contribution is -2.25. The van der Waals surface area contributed by atoms with Crippen molar-refractivity contribution in [3.05, 3.63) is 29.8 Å². The molecule has 1 atom stereocenters. The summed E-state index contributed by atoms with van der Waals surface area (Å²) in [6.07, 6.45) is 2.01. The number of aliphatic hydroxyl groups excluding tert-OH is 1. The van der Waals surface area contributed by atoms with E-state index in [1.165, 1.54) is 19.8 Å². The van der Waals surface area contributed by atoms with E-state index in [-0.39, 0.29) is 5.91 Å². The van der Waals surface area contributed by atoms with Gasteiger partial charge in [-0.05, 0) is 43.6 Å². The van der Waals surface area contributed by atoms with Crippen LogP contribution in [0.3, 0.4) is 0 Å². The maximum absolute atomic E-state index is 10.9. The molecule has 0 aliphatic carbocycles. The average molecular weight is 248 g/mol. The van der Waals surface area contributed by atoms with Gasteiger partial charge in [0.25, 0.3) is 0 Å². The van der Waals surface area contributed by atoms with Gasteiger partial charge in [-0.1, -0.05) is 12.1 Å². The average Bonchev–Trinajstić information content (AvgIpc) is 2.82. The van der Waals surface area contributed by atoms with Crippen molar-refractivity contribution in [2.24, 2.45) is 0 Å². The van der Waals surface area contributed by atoms with Gasteiger partial charge in [-0.15, -0.1) is 0 Å². The third-order valence-corrected chi connectivity index (χ3v) is 3.25. The van der Waals surface area contributed by atoms with Crippen LogP contribution in [0.2, 0.25) is 0 Å². The van der Waals surface area contributed by atoms with Crippen LogP contribution in [0, 0.1) is 0 Å². The normalized spacial score (nSPS) is 17.7. The fourth-order valence-corrected chi connectivity index (χ4v) is 2.31. The molecule has 18 heavy (non-hydrogen) atoms. The summed E-state index contributed by atoms with van der Waals surface area (Å²) in [6, 6.07) is 7.38. The van der Waals surface area contributed by atoms with Crippen molar-refractivity contribution < 1.29 is 9.90 Å². The van der Waals surface area contributed by atoms with E-state index in [0.717, 1.165) is 24.3 Å². The zero-order chi connectivity index (χ0) is 13.0. The van der Waals surface area contributed by atoms with Gasteiger partial charge >= 0.3 is 0 Å². The summed E-state index contributed by atoms with van der Waals surface area (Å²) in [7, 11) is 0. The molecule has 1 aromatic rings. The predicted octanol–water partition coefficient (Wildman–Crippen LogP) is 1.77. The van der Waals surface area contributed by atoms with Crippen LogP contribution in [0.4, 0.5) is 5.69 Å². The quantitative estimate of drug-likeness (QED) is 0.854. The van der Waals surface area contributed by atoms with Crippen LogP contribution in [-0.2, 0) is 4.79 Å². The second-order valence-corrected chi connectivity index (χ2v) is 4.83.